The summed E-state index contributed by atoms with van der Waals surface area (Å²) in [5.74, 6) is -0.868. The van der Waals surface area contributed by atoms with Crippen molar-refractivity contribution in [2.45, 2.75) is 12.8 Å². The van der Waals surface area contributed by atoms with Gasteiger partial charge in [0.1, 0.15) is 0 Å². The highest BCUT2D eigenvalue weighted by atomic mass is 16.4. The van der Waals surface area contributed by atoms with E-state index in [-0.39, 0.29) is 0 Å². The molecule has 0 saturated carbocycles. The van der Waals surface area contributed by atoms with Gasteiger partial charge < -0.3 is 15.7 Å². The van der Waals surface area contributed by atoms with Crippen LogP contribution < -0.4 is 10.6 Å². The molecular formula is C15H23N3O2. The molecule has 1 fully saturated rings. The van der Waals surface area contributed by atoms with Crippen molar-refractivity contribution in [2.24, 2.45) is 5.73 Å². The summed E-state index contributed by atoms with van der Waals surface area (Å²) in [5.41, 5.74) is 6.87. The van der Waals surface area contributed by atoms with Crippen LogP contribution >= 0.6 is 0 Å². The Morgan fingerprint density at radius 3 is 2.60 bits per heavy atom. The van der Waals surface area contributed by atoms with E-state index in [1.807, 2.05) is 12.1 Å². The molecule has 20 heavy (non-hydrogen) atoms. The van der Waals surface area contributed by atoms with Gasteiger partial charge in [0.25, 0.3) is 0 Å². The van der Waals surface area contributed by atoms with E-state index in [2.05, 4.69) is 9.80 Å². The lowest BCUT2D eigenvalue weighted by molar-refractivity contribution is 0.0697. The van der Waals surface area contributed by atoms with Crippen LogP contribution in [-0.2, 0) is 0 Å². The number of hydrogen-bond acceptors (Lipinski definition) is 4. The first-order valence-corrected chi connectivity index (χ1v) is 7.21. The molecule has 1 aliphatic rings. The van der Waals surface area contributed by atoms with Crippen LogP contribution in [0.25, 0.3) is 0 Å². The Morgan fingerprint density at radius 2 is 1.95 bits per heavy atom. The molecular weight excluding hydrogens is 254 g/mol. The fourth-order valence-corrected chi connectivity index (χ4v) is 2.55. The Hall–Kier alpha value is -1.59. The fourth-order valence-electron chi connectivity index (χ4n) is 2.55. The summed E-state index contributed by atoms with van der Waals surface area (Å²) in [5, 5.41) is 9.03. The van der Waals surface area contributed by atoms with Crippen molar-refractivity contribution in [1.82, 2.24) is 4.90 Å². The zero-order valence-electron chi connectivity index (χ0n) is 11.8. The highest BCUT2D eigenvalue weighted by Gasteiger charge is 2.17. The molecule has 1 aromatic carbocycles. The van der Waals surface area contributed by atoms with Gasteiger partial charge in [-0.05, 0) is 44.1 Å². The van der Waals surface area contributed by atoms with Gasteiger partial charge in [0.05, 0.1) is 5.56 Å². The molecule has 0 amide bonds. The van der Waals surface area contributed by atoms with Gasteiger partial charge in [-0.15, -0.1) is 0 Å². The van der Waals surface area contributed by atoms with Crippen molar-refractivity contribution in [2.75, 3.05) is 44.2 Å². The van der Waals surface area contributed by atoms with Crippen molar-refractivity contribution in [1.29, 1.82) is 0 Å². The van der Waals surface area contributed by atoms with Gasteiger partial charge >= 0.3 is 5.97 Å². The summed E-state index contributed by atoms with van der Waals surface area (Å²) in [6.45, 7) is 5.84. The van der Waals surface area contributed by atoms with E-state index in [0.717, 1.165) is 57.8 Å². The van der Waals surface area contributed by atoms with Crippen LogP contribution in [0.15, 0.2) is 24.3 Å². The lowest BCUT2D eigenvalue weighted by atomic mass is 10.1. The van der Waals surface area contributed by atoms with Gasteiger partial charge in [-0.1, -0.05) is 6.07 Å². The Bertz CT molecular complexity index is 442. The second kappa shape index (κ2) is 7.26. The highest BCUT2D eigenvalue weighted by Crippen LogP contribution is 2.18. The average Bonchev–Trinajstić information content (AvgIpc) is 2.48. The predicted molar refractivity (Wildman–Crippen MR) is 80.3 cm³/mol. The number of hydrogen-bond donors (Lipinski definition) is 2. The average molecular weight is 277 g/mol. The number of nitrogens with two attached hydrogens (primary N) is 1. The molecule has 0 aliphatic carbocycles. The maximum atomic E-state index is 11.0. The number of carboxylic acid groups (broad SMARTS) is 1. The first kappa shape index (κ1) is 14.8. The third kappa shape index (κ3) is 3.95. The van der Waals surface area contributed by atoms with E-state index in [4.69, 9.17) is 10.8 Å². The molecule has 1 aromatic rings. The minimum Gasteiger partial charge on any atom is -0.478 e. The molecule has 3 N–H and O–H groups in total. The number of rotatable bonds is 6. The van der Waals surface area contributed by atoms with E-state index < -0.39 is 5.97 Å². The van der Waals surface area contributed by atoms with Crippen LogP contribution in [0.2, 0.25) is 0 Å². The van der Waals surface area contributed by atoms with Gasteiger partial charge in [-0.2, -0.15) is 0 Å². The first-order valence-electron chi connectivity index (χ1n) is 7.21. The molecule has 0 radical (unpaired) electrons. The first-order chi connectivity index (χ1) is 9.70. The van der Waals surface area contributed by atoms with Crippen molar-refractivity contribution in [3.63, 3.8) is 0 Å². The molecule has 5 nitrogen and oxygen atoms in total. The summed E-state index contributed by atoms with van der Waals surface area (Å²) in [7, 11) is 0. The van der Waals surface area contributed by atoms with Crippen LogP contribution in [0.3, 0.4) is 0 Å². The van der Waals surface area contributed by atoms with E-state index in [1.54, 1.807) is 12.1 Å². The second-order valence-electron chi connectivity index (χ2n) is 5.18. The standard InChI is InChI=1S/C15H23N3O2/c16-6-1-2-7-17-8-10-18(11-9-17)14-5-3-4-13(12-14)15(19)20/h3-5,12H,1-2,6-11,16H2,(H,19,20). The number of aromatic carboxylic acids is 1. The number of piperazine rings is 1. The summed E-state index contributed by atoms with van der Waals surface area (Å²) in [4.78, 5) is 15.7. The third-order valence-corrected chi connectivity index (χ3v) is 3.76. The number of benzene rings is 1. The molecule has 2 rings (SSSR count). The van der Waals surface area contributed by atoms with Crippen LogP contribution in [0.4, 0.5) is 5.69 Å². The number of unbranched alkanes of at least 4 members (excludes halogenated alkanes) is 1. The van der Waals surface area contributed by atoms with Gasteiger partial charge in [0, 0.05) is 31.9 Å². The lowest BCUT2D eigenvalue weighted by Crippen LogP contribution is -2.46. The molecule has 1 aliphatic heterocycles. The van der Waals surface area contributed by atoms with Crippen molar-refractivity contribution >= 4 is 11.7 Å². The minimum atomic E-state index is -0.868. The minimum absolute atomic E-state index is 0.355. The van der Waals surface area contributed by atoms with Gasteiger partial charge in [0.15, 0.2) is 0 Å². The SMILES string of the molecule is NCCCCN1CCN(c2cccc(C(=O)O)c2)CC1. The fraction of sp³-hybridized carbons (Fsp3) is 0.533. The lowest BCUT2D eigenvalue weighted by Gasteiger charge is -2.36. The van der Waals surface area contributed by atoms with Crippen LogP contribution in [-0.4, -0.2) is 55.2 Å². The summed E-state index contributed by atoms with van der Waals surface area (Å²) in [6.07, 6.45) is 2.24. The predicted octanol–water partition coefficient (Wildman–Crippen LogP) is 1.25. The van der Waals surface area contributed by atoms with E-state index in [9.17, 15) is 4.79 Å². The highest BCUT2D eigenvalue weighted by molar-refractivity contribution is 5.88. The smallest absolute Gasteiger partial charge is 0.335 e. The monoisotopic (exact) mass is 277 g/mol. The number of carboxylic acids is 1. The maximum Gasteiger partial charge on any atom is 0.335 e. The zero-order valence-corrected chi connectivity index (χ0v) is 11.8. The molecule has 5 heteroatoms. The van der Waals surface area contributed by atoms with E-state index in [1.165, 1.54) is 0 Å². The number of anilines is 1. The Balaban J connectivity index is 1.87. The molecule has 110 valence electrons. The van der Waals surface area contributed by atoms with Gasteiger partial charge in [-0.3, -0.25) is 4.90 Å². The Labute approximate surface area is 120 Å². The quantitative estimate of drug-likeness (QED) is 0.766. The second-order valence-corrected chi connectivity index (χ2v) is 5.18. The number of nitrogens with zero attached hydrogens (tertiary/aromatic N) is 2. The Morgan fingerprint density at radius 1 is 1.20 bits per heavy atom. The topological polar surface area (TPSA) is 69.8 Å². The summed E-state index contributed by atoms with van der Waals surface area (Å²) < 4.78 is 0. The van der Waals surface area contributed by atoms with Gasteiger partial charge in [-0.25, -0.2) is 4.79 Å². The number of carbonyl (C=O) groups is 1. The zero-order chi connectivity index (χ0) is 14.4. The summed E-state index contributed by atoms with van der Waals surface area (Å²) >= 11 is 0. The molecule has 0 bridgehead atoms. The van der Waals surface area contributed by atoms with Crippen LogP contribution in [0.1, 0.15) is 23.2 Å². The normalized spacial score (nSPS) is 16.4. The molecule has 0 spiro atoms. The van der Waals surface area contributed by atoms with Crippen molar-refractivity contribution < 1.29 is 9.90 Å². The molecule has 1 saturated heterocycles. The molecule has 0 unspecified atom stereocenters. The van der Waals surface area contributed by atoms with E-state index >= 15 is 0 Å². The largest absolute Gasteiger partial charge is 0.478 e. The van der Waals surface area contributed by atoms with Crippen molar-refractivity contribution in [3.05, 3.63) is 29.8 Å². The van der Waals surface area contributed by atoms with E-state index in [0.29, 0.717) is 5.56 Å². The molecule has 0 aromatic heterocycles. The Kier molecular flexibility index (Phi) is 5.38. The molecule has 0 atom stereocenters. The van der Waals surface area contributed by atoms with Crippen LogP contribution in [0.5, 0.6) is 0 Å². The van der Waals surface area contributed by atoms with Crippen LogP contribution in [0, 0.1) is 0 Å². The van der Waals surface area contributed by atoms with Crippen molar-refractivity contribution in [3.8, 4) is 0 Å². The third-order valence-electron chi connectivity index (χ3n) is 3.76. The maximum absolute atomic E-state index is 11.0. The molecule has 1 heterocycles. The van der Waals surface area contributed by atoms with Gasteiger partial charge in [0.2, 0.25) is 0 Å². The summed E-state index contributed by atoms with van der Waals surface area (Å²) in [6, 6.07) is 7.18.